The fourth-order valence-electron chi connectivity index (χ4n) is 3.64. The fraction of sp³-hybridized carbons (Fsp3) is 0.368. The van der Waals surface area contributed by atoms with Crippen LogP contribution in [0.5, 0.6) is 0 Å². The summed E-state index contributed by atoms with van der Waals surface area (Å²) in [5.74, 6) is 0.301. The lowest BCUT2D eigenvalue weighted by Gasteiger charge is -2.24. The predicted molar refractivity (Wildman–Crippen MR) is 106 cm³/mol. The van der Waals surface area contributed by atoms with Gasteiger partial charge in [-0.1, -0.05) is 19.3 Å². The zero-order valence-corrected chi connectivity index (χ0v) is 15.8. The Labute approximate surface area is 162 Å². The van der Waals surface area contributed by atoms with E-state index in [4.69, 9.17) is 5.73 Å². The Kier molecular flexibility index (Phi) is 5.41. The number of anilines is 1. The first-order valence-corrected chi connectivity index (χ1v) is 8.86. The van der Waals surface area contributed by atoms with Crippen molar-refractivity contribution in [3.05, 3.63) is 46.1 Å². The average Bonchev–Trinajstić information content (AvgIpc) is 2.64. The first-order valence-electron chi connectivity index (χ1n) is 8.86. The van der Waals surface area contributed by atoms with Crippen molar-refractivity contribution in [2.45, 2.75) is 45.1 Å². The van der Waals surface area contributed by atoms with Crippen molar-refractivity contribution in [3.8, 4) is 11.4 Å². The van der Waals surface area contributed by atoms with Gasteiger partial charge in [0.2, 0.25) is 0 Å². The molecule has 1 fully saturated rings. The molecule has 2 heterocycles. The molecule has 27 heavy (non-hydrogen) atoms. The first kappa shape index (κ1) is 19.2. The normalized spacial score (nSPS) is 14.9. The first-order chi connectivity index (χ1) is 12.5. The van der Waals surface area contributed by atoms with Gasteiger partial charge in [-0.15, -0.1) is 12.4 Å². The van der Waals surface area contributed by atoms with Gasteiger partial charge in [0.1, 0.15) is 11.3 Å². The van der Waals surface area contributed by atoms with E-state index in [-0.39, 0.29) is 35.6 Å². The minimum atomic E-state index is -0.289. The lowest BCUT2D eigenvalue weighted by Crippen LogP contribution is -2.27. The van der Waals surface area contributed by atoms with E-state index < -0.39 is 0 Å². The molecule has 0 atom stereocenters. The van der Waals surface area contributed by atoms with Crippen LogP contribution < -0.4 is 11.3 Å². The molecule has 1 aliphatic carbocycles. The van der Waals surface area contributed by atoms with Gasteiger partial charge in [-0.3, -0.25) is 9.36 Å². The number of hydrogen-bond acceptors (Lipinski definition) is 5. The van der Waals surface area contributed by atoms with Crippen LogP contribution in [0.25, 0.3) is 22.6 Å². The van der Waals surface area contributed by atoms with E-state index >= 15 is 0 Å². The van der Waals surface area contributed by atoms with Crippen LogP contribution in [0.15, 0.2) is 29.2 Å². The second kappa shape index (κ2) is 7.60. The molecule has 8 heteroatoms. The summed E-state index contributed by atoms with van der Waals surface area (Å²) in [7, 11) is 0. The summed E-state index contributed by atoms with van der Waals surface area (Å²) in [6, 6.07) is 4.77. The number of aryl methyl sites for hydroxylation is 1. The number of nitrogens with two attached hydrogens (primary N) is 1. The molecule has 0 amide bonds. The Morgan fingerprint density at radius 1 is 1.19 bits per heavy atom. The third-order valence-electron chi connectivity index (χ3n) is 5.02. The molecule has 0 unspecified atom stereocenters. The fourth-order valence-corrected chi connectivity index (χ4v) is 3.64. The second-order valence-corrected chi connectivity index (χ2v) is 6.83. The molecule has 4 rings (SSSR count). The summed E-state index contributed by atoms with van der Waals surface area (Å²) in [5, 5.41) is 0. The van der Waals surface area contributed by atoms with Crippen molar-refractivity contribution in [2.75, 3.05) is 5.73 Å². The highest BCUT2D eigenvalue weighted by molar-refractivity contribution is 5.85. The van der Waals surface area contributed by atoms with Gasteiger partial charge in [0.25, 0.3) is 5.56 Å². The lowest BCUT2D eigenvalue weighted by atomic mass is 9.95. The summed E-state index contributed by atoms with van der Waals surface area (Å²) >= 11 is 0. The molecule has 1 aliphatic rings. The number of halogens is 2. The van der Waals surface area contributed by atoms with Crippen LogP contribution in [-0.2, 0) is 0 Å². The molecule has 142 valence electrons. The summed E-state index contributed by atoms with van der Waals surface area (Å²) < 4.78 is 15.3. The molecule has 0 radical (unpaired) electrons. The summed E-state index contributed by atoms with van der Waals surface area (Å²) in [6.45, 7) is 1.68. The van der Waals surface area contributed by atoms with Crippen molar-refractivity contribution in [2.24, 2.45) is 0 Å². The molecule has 6 nitrogen and oxygen atoms in total. The van der Waals surface area contributed by atoms with E-state index in [1.54, 1.807) is 23.6 Å². The topological polar surface area (TPSA) is 86.7 Å². The molecular weight excluding hydrogens is 369 g/mol. The predicted octanol–water partition coefficient (Wildman–Crippen LogP) is 3.81. The molecule has 3 aromatic rings. The van der Waals surface area contributed by atoms with Crippen LogP contribution in [0.4, 0.5) is 10.2 Å². The van der Waals surface area contributed by atoms with Crippen LogP contribution in [0.3, 0.4) is 0 Å². The molecule has 2 N–H and O–H groups in total. The van der Waals surface area contributed by atoms with Gasteiger partial charge >= 0.3 is 0 Å². The zero-order chi connectivity index (χ0) is 18.3. The third kappa shape index (κ3) is 3.51. The van der Waals surface area contributed by atoms with E-state index in [0.29, 0.717) is 28.1 Å². The maximum absolute atomic E-state index is 13.6. The Morgan fingerprint density at radius 3 is 2.63 bits per heavy atom. The smallest absolute Gasteiger partial charge is 0.270 e. The molecule has 2 aromatic heterocycles. The number of nitrogens with zero attached hydrogens (tertiary/aromatic N) is 4. The number of rotatable bonds is 2. The van der Waals surface area contributed by atoms with E-state index in [2.05, 4.69) is 15.0 Å². The van der Waals surface area contributed by atoms with Crippen molar-refractivity contribution < 1.29 is 4.39 Å². The second-order valence-electron chi connectivity index (χ2n) is 6.83. The Bertz CT molecular complexity index is 1050. The van der Waals surface area contributed by atoms with Crippen molar-refractivity contribution >= 4 is 29.4 Å². The van der Waals surface area contributed by atoms with Gasteiger partial charge in [0.05, 0.1) is 6.20 Å². The van der Waals surface area contributed by atoms with Gasteiger partial charge in [-0.25, -0.2) is 19.3 Å². The number of nitrogen functional groups attached to an aromatic ring is 1. The highest BCUT2D eigenvalue weighted by Gasteiger charge is 2.21. The summed E-state index contributed by atoms with van der Waals surface area (Å²) in [6.07, 6.45) is 6.53. The number of aromatic nitrogens is 4. The minimum absolute atomic E-state index is 0. The molecule has 0 saturated heterocycles. The van der Waals surface area contributed by atoms with Crippen molar-refractivity contribution in [1.82, 2.24) is 19.5 Å². The molecule has 0 bridgehead atoms. The van der Waals surface area contributed by atoms with Crippen LogP contribution in [-0.4, -0.2) is 19.5 Å². The quantitative estimate of drug-likeness (QED) is 0.720. The maximum Gasteiger partial charge on any atom is 0.270 e. The van der Waals surface area contributed by atoms with Crippen molar-refractivity contribution in [1.29, 1.82) is 0 Å². The van der Waals surface area contributed by atoms with Crippen LogP contribution in [0, 0.1) is 12.7 Å². The number of hydrogen-bond donors (Lipinski definition) is 1. The molecule has 1 aromatic carbocycles. The van der Waals surface area contributed by atoms with Gasteiger partial charge in [0.15, 0.2) is 17.3 Å². The average molecular weight is 390 g/mol. The van der Waals surface area contributed by atoms with E-state index in [1.165, 1.54) is 18.7 Å². The number of fused-ring (bicyclic) bond motifs is 1. The lowest BCUT2D eigenvalue weighted by molar-refractivity contribution is 0.352. The Balaban J connectivity index is 0.00000210. The van der Waals surface area contributed by atoms with Gasteiger partial charge in [-0.2, -0.15) is 0 Å². The Morgan fingerprint density at radius 2 is 1.93 bits per heavy atom. The largest absolute Gasteiger partial charge is 0.382 e. The minimum Gasteiger partial charge on any atom is -0.382 e. The number of benzene rings is 1. The van der Waals surface area contributed by atoms with E-state index in [1.807, 2.05) is 0 Å². The van der Waals surface area contributed by atoms with Crippen LogP contribution >= 0.6 is 12.4 Å². The SMILES string of the molecule is Cc1cc(-c2nc(N)c3ncc(=O)n(C4CCCCC4)c3n2)ccc1F.Cl. The molecule has 0 aliphatic heterocycles. The third-order valence-corrected chi connectivity index (χ3v) is 5.02. The zero-order valence-electron chi connectivity index (χ0n) is 15.0. The monoisotopic (exact) mass is 389 g/mol. The molecule has 0 spiro atoms. The summed E-state index contributed by atoms with van der Waals surface area (Å²) in [4.78, 5) is 25.6. The molecular formula is C19H21ClFN5O. The van der Waals surface area contributed by atoms with Crippen LogP contribution in [0.2, 0.25) is 0 Å². The van der Waals surface area contributed by atoms with Crippen molar-refractivity contribution in [3.63, 3.8) is 0 Å². The highest BCUT2D eigenvalue weighted by Crippen LogP contribution is 2.30. The standard InChI is InChI=1S/C19H20FN5O.ClH/c1-11-9-12(7-8-14(11)20)18-23-17(21)16-19(24-18)25(15(26)10-22-16)13-5-3-2-4-6-13;/h7-10,13H,2-6H2,1H3,(H2,21,23,24);1H. The van der Waals surface area contributed by atoms with Gasteiger partial charge < -0.3 is 5.73 Å². The van der Waals surface area contributed by atoms with Gasteiger partial charge in [-0.05, 0) is 43.5 Å². The highest BCUT2D eigenvalue weighted by atomic mass is 35.5. The van der Waals surface area contributed by atoms with E-state index in [9.17, 15) is 9.18 Å². The van der Waals surface area contributed by atoms with Crippen LogP contribution in [0.1, 0.15) is 43.7 Å². The Hall–Kier alpha value is -2.54. The summed E-state index contributed by atoms with van der Waals surface area (Å²) in [5.41, 5.74) is 7.97. The maximum atomic E-state index is 13.6. The van der Waals surface area contributed by atoms with Gasteiger partial charge in [0, 0.05) is 11.6 Å². The molecule has 1 saturated carbocycles. The van der Waals surface area contributed by atoms with E-state index in [0.717, 1.165) is 25.7 Å².